The van der Waals surface area contributed by atoms with Crippen molar-refractivity contribution in [2.24, 2.45) is 4.99 Å². The number of methoxy groups -OCH3 is 1. The normalized spacial score (nSPS) is 16.9. The summed E-state index contributed by atoms with van der Waals surface area (Å²) in [6.07, 6.45) is 4.48. The molecule has 0 bridgehead atoms. The van der Waals surface area contributed by atoms with Gasteiger partial charge >= 0.3 is 0 Å². The number of amidine groups is 1. The Labute approximate surface area is 120 Å². The average molecular weight is 283 g/mol. The summed E-state index contributed by atoms with van der Waals surface area (Å²) in [5, 5.41) is 12.5. The molecule has 6 nitrogen and oxygen atoms in total. The van der Waals surface area contributed by atoms with Gasteiger partial charge in [-0.05, 0) is 26.3 Å². The smallest absolute Gasteiger partial charge is 0.240 e. The molecule has 1 aliphatic rings. The molecule has 0 fully saturated rings. The van der Waals surface area contributed by atoms with Crippen LogP contribution in [0.2, 0.25) is 0 Å². The number of aliphatic hydroxyl groups is 1. The molecule has 0 aromatic heterocycles. The number of nitrogens with zero attached hydrogens (tertiary/aromatic N) is 2. The lowest BCUT2D eigenvalue weighted by atomic mass is 10.1. The zero-order valence-corrected chi connectivity index (χ0v) is 12.7. The molecule has 20 heavy (non-hydrogen) atoms. The number of rotatable bonds is 7. The number of hydrogen-bond donors (Lipinski definition) is 2. The molecule has 1 atom stereocenters. The maximum Gasteiger partial charge on any atom is 0.240 e. The van der Waals surface area contributed by atoms with E-state index in [2.05, 4.69) is 17.2 Å². The van der Waals surface area contributed by atoms with Crippen LogP contribution in [0.15, 0.2) is 17.3 Å². The van der Waals surface area contributed by atoms with E-state index in [1.165, 1.54) is 7.11 Å². The van der Waals surface area contributed by atoms with Gasteiger partial charge in [0.25, 0.3) is 0 Å². The second-order valence-electron chi connectivity index (χ2n) is 5.42. The lowest BCUT2D eigenvalue weighted by Crippen LogP contribution is -2.55. The number of nitrogens with one attached hydrogen (secondary N) is 1. The summed E-state index contributed by atoms with van der Waals surface area (Å²) in [4.78, 5) is 18.3. The summed E-state index contributed by atoms with van der Waals surface area (Å²) in [6.45, 7) is 6.42. The standard InChI is InChI=1S/C14H25N3O3/c1-5-7-11-15-8-6-9-17(11)10-12(18)16-14(2,3)13(19)20-4/h6,8,13,19H,5,7,9-10H2,1-4H3,(H,16,18). The van der Waals surface area contributed by atoms with Gasteiger partial charge in [-0.15, -0.1) is 0 Å². The summed E-state index contributed by atoms with van der Waals surface area (Å²) in [7, 11) is 1.40. The average Bonchev–Trinajstić information content (AvgIpc) is 2.39. The molecule has 1 aliphatic heterocycles. The van der Waals surface area contributed by atoms with E-state index in [0.29, 0.717) is 6.54 Å². The van der Waals surface area contributed by atoms with Crippen molar-refractivity contribution in [2.75, 3.05) is 20.2 Å². The molecule has 0 saturated heterocycles. The second-order valence-corrected chi connectivity index (χ2v) is 5.42. The number of aliphatic hydroxyl groups excluding tert-OH is 1. The van der Waals surface area contributed by atoms with Crippen molar-refractivity contribution < 1.29 is 14.6 Å². The van der Waals surface area contributed by atoms with E-state index in [-0.39, 0.29) is 12.5 Å². The van der Waals surface area contributed by atoms with Crippen LogP contribution in [0, 0.1) is 0 Å². The van der Waals surface area contributed by atoms with E-state index in [1.54, 1.807) is 20.0 Å². The number of aliphatic imine (C=N–C) groups is 1. The first kappa shape index (κ1) is 16.7. The Hall–Kier alpha value is -1.40. The Morgan fingerprint density at radius 1 is 1.65 bits per heavy atom. The van der Waals surface area contributed by atoms with E-state index in [0.717, 1.165) is 18.7 Å². The van der Waals surface area contributed by atoms with Crippen LogP contribution in [0.5, 0.6) is 0 Å². The Bertz CT molecular complexity index is 391. The van der Waals surface area contributed by atoms with Crippen molar-refractivity contribution in [1.29, 1.82) is 0 Å². The van der Waals surface area contributed by atoms with Crippen molar-refractivity contribution in [1.82, 2.24) is 10.2 Å². The van der Waals surface area contributed by atoms with Gasteiger partial charge in [-0.2, -0.15) is 0 Å². The van der Waals surface area contributed by atoms with Crippen LogP contribution in [-0.4, -0.2) is 53.8 Å². The van der Waals surface area contributed by atoms with E-state index in [1.807, 2.05) is 11.0 Å². The third-order valence-corrected chi connectivity index (χ3v) is 3.13. The van der Waals surface area contributed by atoms with Crippen molar-refractivity contribution in [2.45, 2.75) is 45.4 Å². The molecule has 2 N–H and O–H groups in total. The summed E-state index contributed by atoms with van der Waals surface area (Å²) >= 11 is 0. The predicted octanol–water partition coefficient (Wildman–Crippen LogP) is 0.874. The Balaban J connectivity index is 2.58. The molecule has 0 spiro atoms. The Morgan fingerprint density at radius 2 is 2.35 bits per heavy atom. The highest BCUT2D eigenvalue weighted by Gasteiger charge is 2.30. The SMILES string of the molecule is CCCC1=NC=CCN1CC(=O)NC(C)(C)C(O)OC. The van der Waals surface area contributed by atoms with Crippen molar-refractivity contribution in [3.05, 3.63) is 12.3 Å². The van der Waals surface area contributed by atoms with E-state index in [9.17, 15) is 9.90 Å². The molecular weight excluding hydrogens is 258 g/mol. The fourth-order valence-electron chi connectivity index (χ4n) is 2.03. The maximum absolute atomic E-state index is 12.1. The van der Waals surface area contributed by atoms with Crippen LogP contribution < -0.4 is 5.32 Å². The van der Waals surface area contributed by atoms with Crippen LogP contribution in [0.1, 0.15) is 33.6 Å². The first-order chi connectivity index (χ1) is 9.40. The van der Waals surface area contributed by atoms with Gasteiger partial charge in [0.15, 0.2) is 6.29 Å². The third kappa shape index (κ3) is 4.61. The summed E-state index contributed by atoms with van der Waals surface area (Å²) in [6, 6.07) is 0. The van der Waals surface area contributed by atoms with Crippen LogP contribution >= 0.6 is 0 Å². The lowest BCUT2D eigenvalue weighted by Gasteiger charge is -2.32. The second kappa shape index (κ2) is 7.40. The van der Waals surface area contributed by atoms with Crippen LogP contribution in [0.3, 0.4) is 0 Å². The van der Waals surface area contributed by atoms with Gasteiger partial charge in [-0.1, -0.05) is 6.92 Å². The fraction of sp³-hybridized carbons (Fsp3) is 0.714. The first-order valence-electron chi connectivity index (χ1n) is 6.89. The largest absolute Gasteiger partial charge is 0.366 e. The number of ether oxygens (including phenoxy) is 1. The lowest BCUT2D eigenvalue weighted by molar-refractivity contribution is -0.141. The van der Waals surface area contributed by atoms with Gasteiger partial charge in [0, 0.05) is 26.3 Å². The van der Waals surface area contributed by atoms with Gasteiger partial charge in [0.1, 0.15) is 5.84 Å². The molecular formula is C14H25N3O3. The van der Waals surface area contributed by atoms with Gasteiger partial charge in [0.2, 0.25) is 5.91 Å². The van der Waals surface area contributed by atoms with Crippen LogP contribution in [0.4, 0.5) is 0 Å². The zero-order valence-electron chi connectivity index (χ0n) is 12.7. The number of amides is 1. The van der Waals surface area contributed by atoms with Gasteiger partial charge in [-0.3, -0.25) is 4.79 Å². The molecule has 1 rings (SSSR count). The van der Waals surface area contributed by atoms with Gasteiger partial charge < -0.3 is 20.1 Å². The van der Waals surface area contributed by atoms with Crippen LogP contribution in [-0.2, 0) is 9.53 Å². The van der Waals surface area contributed by atoms with Gasteiger partial charge in [0.05, 0.1) is 12.1 Å². The van der Waals surface area contributed by atoms with Crippen molar-refractivity contribution in [3.8, 4) is 0 Å². The number of carbonyl (C=O) groups excluding carboxylic acids is 1. The fourth-order valence-corrected chi connectivity index (χ4v) is 2.03. The molecule has 0 saturated carbocycles. The third-order valence-electron chi connectivity index (χ3n) is 3.13. The minimum Gasteiger partial charge on any atom is -0.366 e. The quantitative estimate of drug-likeness (QED) is 0.680. The molecule has 6 heteroatoms. The highest BCUT2D eigenvalue weighted by molar-refractivity contribution is 5.89. The molecule has 0 aromatic rings. The molecule has 1 heterocycles. The van der Waals surface area contributed by atoms with Gasteiger partial charge in [-0.25, -0.2) is 4.99 Å². The topological polar surface area (TPSA) is 74.2 Å². The molecule has 0 aliphatic carbocycles. The Morgan fingerprint density at radius 3 is 2.95 bits per heavy atom. The Kier molecular flexibility index (Phi) is 6.16. The maximum atomic E-state index is 12.1. The molecule has 0 aromatic carbocycles. The number of hydrogen-bond acceptors (Lipinski definition) is 5. The summed E-state index contributed by atoms with van der Waals surface area (Å²) in [5.74, 6) is 0.764. The summed E-state index contributed by atoms with van der Waals surface area (Å²) in [5.41, 5.74) is -0.834. The monoisotopic (exact) mass is 283 g/mol. The summed E-state index contributed by atoms with van der Waals surface area (Å²) < 4.78 is 4.86. The highest BCUT2D eigenvalue weighted by Crippen LogP contribution is 2.10. The van der Waals surface area contributed by atoms with E-state index in [4.69, 9.17) is 4.74 Å². The molecule has 1 unspecified atom stereocenters. The van der Waals surface area contributed by atoms with Crippen molar-refractivity contribution in [3.63, 3.8) is 0 Å². The van der Waals surface area contributed by atoms with E-state index >= 15 is 0 Å². The molecule has 1 amide bonds. The number of carbonyl (C=O) groups is 1. The zero-order chi connectivity index (χ0) is 15.2. The van der Waals surface area contributed by atoms with Crippen LogP contribution in [0.25, 0.3) is 0 Å². The van der Waals surface area contributed by atoms with Crippen molar-refractivity contribution >= 4 is 11.7 Å². The first-order valence-corrected chi connectivity index (χ1v) is 6.89. The predicted molar refractivity (Wildman–Crippen MR) is 78.3 cm³/mol. The minimum absolute atomic E-state index is 0.162. The highest BCUT2D eigenvalue weighted by atomic mass is 16.6. The minimum atomic E-state index is -1.04. The molecule has 114 valence electrons. The van der Waals surface area contributed by atoms with E-state index < -0.39 is 11.8 Å². The molecule has 0 radical (unpaired) electrons.